The number of allylic oxidation sites excluding steroid dienone is 1. The summed E-state index contributed by atoms with van der Waals surface area (Å²) in [6.45, 7) is 0. The molecule has 0 fully saturated rings. The maximum Gasteiger partial charge on any atom is 0.371 e. The molecule has 2 N–H and O–H groups in total. The highest BCUT2D eigenvalue weighted by atomic mass is 32.1. The summed E-state index contributed by atoms with van der Waals surface area (Å²) in [5.41, 5.74) is 0.922. The molecule has 0 unspecified atom stereocenters. The lowest BCUT2D eigenvalue weighted by Gasteiger charge is -2.00. The number of aliphatic hydroxyl groups is 1. The monoisotopic (exact) mass is 304 g/mol. The van der Waals surface area contributed by atoms with Gasteiger partial charge in [0, 0.05) is 11.0 Å². The van der Waals surface area contributed by atoms with Gasteiger partial charge in [-0.1, -0.05) is 0 Å². The average Bonchev–Trinajstić information content (AvgIpc) is 2.97. The second-order valence-corrected chi connectivity index (χ2v) is 5.18. The summed E-state index contributed by atoms with van der Waals surface area (Å²) in [5, 5.41) is 17.6. The smallest absolute Gasteiger partial charge is 0.371 e. The van der Waals surface area contributed by atoms with Crippen molar-refractivity contribution in [1.82, 2.24) is 0 Å². The van der Waals surface area contributed by atoms with Gasteiger partial charge in [-0.3, -0.25) is 4.79 Å². The topological polar surface area (TPSA) is 83.8 Å². The van der Waals surface area contributed by atoms with Gasteiger partial charge in [-0.25, -0.2) is 4.79 Å². The van der Waals surface area contributed by atoms with E-state index >= 15 is 0 Å². The molecule has 2 aromatic rings. The number of rotatable bonds is 5. The maximum absolute atomic E-state index is 11.8. The number of thiophene rings is 1. The second kappa shape index (κ2) is 6.23. The van der Waals surface area contributed by atoms with Crippen LogP contribution in [0.5, 0.6) is 5.75 Å². The maximum atomic E-state index is 11.8. The number of hydrogen-bond acceptors (Lipinski definition) is 5. The van der Waals surface area contributed by atoms with E-state index < -0.39 is 17.5 Å². The third kappa shape index (κ3) is 3.49. The van der Waals surface area contributed by atoms with Gasteiger partial charge in [0.15, 0.2) is 5.78 Å². The van der Waals surface area contributed by atoms with Crippen molar-refractivity contribution in [2.24, 2.45) is 0 Å². The van der Waals surface area contributed by atoms with E-state index in [1.54, 1.807) is 19.2 Å². The predicted molar refractivity (Wildman–Crippen MR) is 79.0 cm³/mol. The van der Waals surface area contributed by atoms with Crippen LogP contribution in [0.4, 0.5) is 0 Å². The molecule has 1 aromatic carbocycles. The lowest BCUT2D eigenvalue weighted by atomic mass is 10.2. The van der Waals surface area contributed by atoms with Crippen molar-refractivity contribution in [2.75, 3.05) is 7.11 Å². The van der Waals surface area contributed by atoms with Gasteiger partial charge in [0.25, 0.3) is 0 Å². The number of ether oxygens (including phenoxy) is 1. The Bertz CT molecular complexity index is 697. The lowest BCUT2D eigenvalue weighted by Crippen LogP contribution is -2.02. The van der Waals surface area contributed by atoms with E-state index in [-0.39, 0.29) is 0 Å². The van der Waals surface area contributed by atoms with Gasteiger partial charge in [-0.05, 0) is 42.0 Å². The molecule has 0 radical (unpaired) electrons. The highest BCUT2D eigenvalue weighted by Crippen LogP contribution is 2.29. The molecule has 21 heavy (non-hydrogen) atoms. The Labute approximate surface area is 124 Å². The van der Waals surface area contributed by atoms with Crippen LogP contribution in [0.3, 0.4) is 0 Å². The Hall–Kier alpha value is -2.60. The first kappa shape index (κ1) is 14.8. The summed E-state index contributed by atoms with van der Waals surface area (Å²) in [6.07, 6.45) is 0.700. The zero-order valence-corrected chi connectivity index (χ0v) is 11.9. The molecule has 1 aromatic heterocycles. The van der Waals surface area contributed by atoms with Crippen LogP contribution in [0.1, 0.15) is 9.67 Å². The number of carbonyl (C=O) groups excluding carboxylic acids is 1. The van der Waals surface area contributed by atoms with Crippen molar-refractivity contribution in [3.8, 4) is 16.2 Å². The molecular weight excluding hydrogens is 292 g/mol. The fourth-order valence-electron chi connectivity index (χ4n) is 1.64. The fourth-order valence-corrected chi connectivity index (χ4v) is 2.56. The van der Waals surface area contributed by atoms with Gasteiger partial charge in [0.2, 0.25) is 5.76 Å². The number of aliphatic carboxylic acids is 1. The fraction of sp³-hybridized carbons (Fsp3) is 0.0667. The molecule has 0 spiro atoms. The van der Waals surface area contributed by atoms with Crippen molar-refractivity contribution in [2.45, 2.75) is 0 Å². The molecule has 0 amide bonds. The number of carboxylic acid groups (broad SMARTS) is 1. The molecule has 6 heteroatoms. The van der Waals surface area contributed by atoms with Crippen molar-refractivity contribution >= 4 is 23.1 Å². The molecule has 0 bridgehead atoms. The molecule has 5 nitrogen and oxygen atoms in total. The second-order valence-electron chi connectivity index (χ2n) is 4.09. The third-order valence-electron chi connectivity index (χ3n) is 2.71. The SMILES string of the molecule is COc1ccc(-c2ccc(C(=O)/C=C(\O)C(=O)O)s2)cc1. The molecule has 0 aliphatic heterocycles. The van der Waals surface area contributed by atoms with Crippen LogP contribution in [0.25, 0.3) is 10.4 Å². The molecule has 0 aliphatic rings. The Morgan fingerprint density at radius 1 is 1.10 bits per heavy atom. The van der Waals surface area contributed by atoms with Crippen LogP contribution in [0, 0.1) is 0 Å². The van der Waals surface area contributed by atoms with E-state index in [0.29, 0.717) is 11.0 Å². The number of hydrogen-bond donors (Lipinski definition) is 2. The minimum Gasteiger partial charge on any atom is -0.502 e. The summed E-state index contributed by atoms with van der Waals surface area (Å²) in [7, 11) is 1.58. The van der Waals surface area contributed by atoms with Crippen LogP contribution >= 0.6 is 11.3 Å². The highest BCUT2D eigenvalue weighted by Gasteiger charge is 2.12. The van der Waals surface area contributed by atoms with E-state index in [0.717, 1.165) is 16.2 Å². The van der Waals surface area contributed by atoms with Crippen LogP contribution in [-0.4, -0.2) is 29.1 Å². The summed E-state index contributed by atoms with van der Waals surface area (Å²) in [6, 6.07) is 10.7. The Morgan fingerprint density at radius 2 is 1.76 bits per heavy atom. The van der Waals surface area contributed by atoms with Crippen LogP contribution in [0.2, 0.25) is 0 Å². The number of benzene rings is 1. The van der Waals surface area contributed by atoms with E-state index in [1.165, 1.54) is 11.3 Å². The number of methoxy groups -OCH3 is 1. The average molecular weight is 304 g/mol. The minimum absolute atomic E-state index is 0.355. The summed E-state index contributed by atoms with van der Waals surface area (Å²) in [5.74, 6) is -2.31. The van der Waals surface area contributed by atoms with Gasteiger partial charge in [-0.15, -0.1) is 11.3 Å². The molecule has 0 saturated heterocycles. The summed E-state index contributed by atoms with van der Waals surface area (Å²) >= 11 is 1.22. The van der Waals surface area contributed by atoms with Crippen molar-refractivity contribution < 1.29 is 24.5 Å². The lowest BCUT2D eigenvalue weighted by molar-refractivity contribution is -0.135. The molecule has 0 saturated carbocycles. The van der Waals surface area contributed by atoms with E-state index in [4.69, 9.17) is 14.9 Å². The zero-order chi connectivity index (χ0) is 15.4. The Morgan fingerprint density at radius 3 is 2.33 bits per heavy atom. The quantitative estimate of drug-likeness (QED) is 0.503. The van der Waals surface area contributed by atoms with Crippen LogP contribution in [-0.2, 0) is 4.79 Å². The summed E-state index contributed by atoms with van der Waals surface area (Å²) < 4.78 is 5.07. The number of carbonyl (C=O) groups is 2. The minimum atomic E-state index is -1.53. The molecule has 2 rings (SSSR count). The zero-order valence-electron chi connectivity index (χ0n) is 11.1. The first-order valence-electron chi connectivity index (χ1n) is 5.94. The predicted octanol–water partition coefficient (Wildman–Crippen LogP) is 3.13. The largest absolute Gasteiger partial charge is 0.502 e. The highest BCUT2D eigenvalue weighted by molar-refractivity contribution is 7.17. The van der Waals surface area contributed by atoms with Crippen molar-refractivity contribution in [3.63, 3.8) is 0 Å². The van der Waals surface area contributed by atoms with Crippen LogP contribution < -0.4 is 4.74 Å². The molecule has 108 valence electrons. The van der Waals surface area contributed by atoms with Gasteiger partial charge in [0.1, 0.15) is 5.75 Å². The standard InChI is InChI=1S/C15H12O5S/c1-20-10-4-2-9(3-5-10)13-6-7-14(21-13)11(16)8-12(17)15(18)19/h2-8,17H,1H3,(H,18,19)/b12-8-. The van der Waals surface area contributed by atoms with E-state index in [1.807, 2.05) is 24.3 Å². The first-order valence-corrected chi connectivity index (χ1v) is 6.75. The van der Waals surface area contributed by atoms with Crippen molar-refractivity contribution in [1.29, 1.82) is 0 Å². The van der Waals surface area contributed by atoms with Gasteiger partial charge in [-0.2, -0.15) is 0 Å². The van der Waals surface area contributed by atoms with Gasteiger partial charge < -0.3 is 14.9 Å². The number of carboxylic acids is 1. The van der Waals surface area contributed by atoms with E-state index in [2.05, 4.69) is 0 Å². The molecule has 0 aliphatic carbocycles. The molecule has 1 heterocycles. The number of aliphatic hydroxyl groups excluding tert-OH is 1. The normalized spacial score (nSPS) is 11.2. The van der Waals surface area contributed by atoms with Gasteiger partial charge in [0.05, 0.1) is 12.0 Å². The summed E-state index contributed by atoms with van der Waals surface area (Å²) in [4.78, 5) is 23.5. The van der Waals surface area contributed by atoms with E-state index in [9.17, 15) is 9.59 Å². The third-order valence-corrected chi connectivity index (χ3v) is 3.86. The molecule has 0 atom stereocenters. The first-order chi connectivity index (χ1) is 10.0. The molecular formula is C15H12O5S. The number of ketones is 1. The Balaban J connectivity index is 2.23. The Kier molecular flexibility index (Phi) is 4.39. The van der Waals surface area contributed by atoms with Crippen LogP contribution in [0.15, 0.2) is 48.2 Å². The van der Waals surface area contributed by atoms with Crippen molar-refractivity contribution in [3.05, 3.63) is 53.1 Å². The van der Waals surface area contributed by atoms with Gasteiger partial charge >= 0.3 is 5.97 Å².